The normalized spacial score (nSPS) is 25.0. The van der Waals surface area contributed by atoms with Gasteiger partial charge >= 0.3 is 0 Å². The number of aliphatic imine (C=N–C) groups is 1. The number of aromatic nitrogens is 3. The summed E-state index contributed by atoms with van der Waals surface area (Å²) in [4.78, 5) is 30.2. The van der Waals surface area contributed by atoms with Crippen molar-refractivity contribution < 1.29 is 9.53 Å². The van der Waals surface area contributed by atoms with Crippen molar-refractivity contribution in [3.8, 4) is 17.1 Å². The van der Waals surface area contributed by atoms with Crippen LogP contribution in [0.3, 0.4) is 0 Å². The van der Waals surface area contributed by atoms with Crippen molar-refractivity contribution in [2.24, 2.45) is 16.8 Å². The molecular formula is C34H44N8O2. The highest BCUT2D eigenvalue weighted by Gasteiger charge is 2.36. The van der Waals surface area contributed by atoms with E-state index in [4.69, 9.17) is 9.73 Å². The van der Waals surface area contributed by atoms with Gasteiger partial charge in [-0.1, -0.05) is 0 Å². The van der Waals surface area contributed by atoms with Crippen LogP contribution in [-0.4, -0.2) is 78.3 Å². The number of carbonyl (C=O) groups is 1. The lowest BCUT2D eigenvalue weighted by molar-refractivity contribution is 0.100. The van der Waals surface area contributed by atoms with Crippen molar-refractivity contribution in [3.63, 3.8) is 0 Å². The van der Waals surface area contributed by atoms with Gasteiger partial charge in [-0.3, -0.25) is 9.78 Å². The van der Waals surface area contributed by atoms with Gasteiger partial charge in [0.1, 0.15) is 0 Å². The van der Waals surface area contributed by atoms with Gasteiger partial charge in [-0.05, 0) is 115 Å². The van der Waals surface area contributed by atoms with Crippen LogP contribution in [0.2, 0.25) is 0 Å². The number of H-pyrrole nitrogens is 1. The summed E-state index contributed by atoms with van der Waals surface area (Å²) in [6.45, 7) is 3.30. The molecule has 4 aliphatic rings. The van der Waals surface area contributed by atoms with Gasteiger partial charge in [0.25, 0.3) is 5.91 Å². The molecule has 0 saturated heterocycles. The van der Waals surface area contributed by atoms with Gasteiger partial charge in [0, 0.05) is 42.6 Å². The number of carbonyl (C=O) groups excluding carboxylic acids is 1. The number of rotatable bonds is 4. The minimum absolute atomic E-state index is 0.296. The Morgan fingerprint density at radius 2 is 1.75 bits per heavy atom. The van der Waals surface area contributed by atoms with E-state index in [1.807, 2.05) is 6.92 Å². The van der Waals surface area contributed by atoms with Crippen molar-refractivity contribution in [2.75, 3.05) is 49.4 Å². The molecule has 0 radical (unpaired) electrons. The van der Waals surface area contributed by atoms with Crippen LogP contribution in [0.25, 0.3) is 11.3 Å². The third-order valence-corrected chi connectivity index (χ3v) is 10.1. The highest BCUT2D eigenvalue weighted by atomic mass is 16.5. The number of anilines is 3. The van der Waals surface area contributed by atoms with Gasteiger partial charge in [0.2, 0.25) is 11.8 Å². The van der Waals surface area contributed by atoms with E-state index in [-0.39, 0.29) is 5.91 Å². The molecule has 2 saturated carbocycles. The van der Waals surface area contributed by atoms with Crippen LogP contribution >= 0.6 is 0 Å². The molecule has 2 N–H and O–H groups in total. The van der Waals surface area contributed by atoms with Crippen LogP contribution < -0.4 is 19.9 Å². The molecule has 1 amide bonds. The summed E-state index contributed by atoms with van der Waals surface area (Å²) in [5.74, 6) is 2.08. The third-order valence-electron chi connectivity index (χ3n) is 10.1. The molecule has 10 heteroatoms. The molecule has 3 aromatic rings. The molecule has 1 aromatic carbocycles. The first-order valence-corrected chi connectivity index (χ1v) is 16.2. The average molecular weight is 597 g/mol. The Kier molecular flexibility index (Phi) is 7.78. The molecule has 4 heterocycles. The molecule has 2 fully saturated rings. The van der Waals surface area contributed by atoms with Crippen LogP contribution in [0.4, 0.5) is 17.1 Å². The molecule has 0 unspecified atom stereocenters. The zero-order valence-electron chi connectivity index (χ0n) is 26.3. The summed E-state index contributed by atoms with van der Waals surface area (Å²) < 4.78 is 6.16. The minimum atomic E-state index is -0.296. The zero-order chi connectivity index (χ0) is 30.4. The van der Waals surface area contributed by atoms with E-state index in [1.54, 1.807) is 18.3 Å². The number of benzene rings is 1. The Hall–Kier alpha value is -3.92. The highest BCUT2D eigenvalue weighted by molar-refractivity contribution is 6.19. The predicted molar refractivity (Wildman–Crippen MR) is 175 cm³/mol. The molecule has 232 valence electrons. The number of aromatic amines is 1. The van der Waals surface area contributed by atoms with Gasteiger partial charge in [0.05, 0.1) is 35.4 Å². The Morgan fingerprint density at radius 1 is 0.955 bits per heavy atom. The second-order valence-electron chi connectivity index (χ2n) is 13.3. The van der Waals surface area contributed by atoms with Crippen molar-refractivity contribution in [1.29, 1.82) is 0 Å². The van der Waals surface area contributed by atoms with Gasteiger partial charge in [-0.15, -0.1) is 0 Å². The third kappa shape index (κ3) is 5.79. The van der Waals surface area contributed by atoms with Gasteiger partial charge in [-0.25, -0.2) is 5.10 Å². The summed E-state index contributed by atoms with van der Waals surface area (Å²) in [5, 5.41) is 10.7. The molecule has 1 atom stereocenters. The monoisotopic (exact) mass is 596 g/mol. The lowest BCUT2D eigenvalue weighted by atomic mass is 9.89. The molecule has 2 aromatic heterocycles. The number of hydrogen-bond donors (Lipinski definition) is 2. The molecule has 0 spiro atoms. The van der Waals surface area contributed by atoms with Gasteiger partial charge in [0.15, 0.2) is 0 Å². The summed E-state index contributed by atoms with van der Waals surface area (Å²) in [6.07, 6.45) is 11.0. The highest BCUT2D eigenvalue weighted by Crippen LogP contribution is 2.43. The van der Waals surface area contributed by atoms with Crippen molar-refractivity contribution >= 4 is 28.9 Å². The lowest BCUT2D eigenvalue weighted by Crippen LogP contribution is -2.40. The topological polar surface area (TPSA) is 102 Å². The maximum Gasteiger partial charge on any atom is 0.280 e. The summed E-state index contributed by atoms with van der Waals surface area (Å²) in [6, 6.07) is 11.5. The first-order chi connectivity index (χ1) is 21.3. The smallest absolute Gasteiger partial charge is 0.280 e. The molecule has 2 bridgehead atoms. The van der Waals surface area contributed by atoms with Crippen LogP contribution in [0, 0.1) is 18.8 Å². The average Bonchev–Trinajstić information content (AvgIpc) is 3.67. The summed E-state index contributed by atoms with van der Waals surface area (Å²) in [5.41, 5.74) is 5.93. The van der Waals surface area contributed by atoms with Gasteiger partial charge in [-0.2, -0.15) is 10.1 Å². The van der Waals surface area contributed by atoms with Crippen LogP contribution in [0.15, 0.2) is 41.5 Å². The van der Waals surface area contributed by atoms with Crippen LogP contribution in [0.1, 0.15) is 67.4 Å². The second-order valence-corrected chi connectivity index (χ2v) is 13.3. The number of pyridine rings is 1. The first kappa shape index (κ1) is 28.8. The van der Waals surface area contributed by atoms with E-state index in [9.17, 15) is 4.79 Å². The summed E-state index contributed by atoms with van der Waals surface area (Å²) >= 11 is 0. The number of fused-ring (bicyclic) bond motifs is 7. The fourth-order valence-corrected chi connectivity index (χ4v) is 7.28. The molecule has 7 rings (SSSR count). The minimum Gasteiger partial charge on any atom is -0.477 e. The molecule has 44 heavy (non-hydrogen) atoms. The Bertz CT molecular complexity index is 1550. The Balaban J connectivity index is 1.21. The SMILES string of the molecule is Cc1cc2cc(n1)-c1cn[nH]c1OCCC[C@@H](C1CC1)CN1/C(=N/C2=O)Nc2cc(N(C)[C@H]3CC[C@H](N(C)C)CC3)ccc21. The van der Waals surface area contributed by atoms with Crippen LogP contribution in [0.5, 0.6) is 5.88 Å². The van der Waals surface area contributed by atoms with Crippen molar-refractivity contribution in [1.82, 2.24) is 20.1 Å². The number of nitrogens with zero attached hydrogens (tertiary/aromatic N) is 6. The molecule has 2 aliphatic heterocycles. The fourth-order valence-electron chi connectivity index (χ4n) is 7.28. The fraction of sp³-hybridized carbons (Fsp3) is 0.529. The van der Waals surface area contributed by atoms with Crippen LogP contribution in [-0.2, 0) is 0 Å². The Labute approximate surface area is 259 Å². The number of nitrogens with one attached hydrogen (secondary N) is 2. The van der Waals surface area contributed by atoms with E-state index in [2.05, 4.69) is 74.5 Å². The van der Waals surface area contributed by atoms with Crippen molar-refractivity contribution in [2.45, 2.75) is 70.4 Å². The number of guanidine groups is 1. The maximum atomic E-state index is 13.7. The maximum absolute atomic E-state index is 13.7. The second kappa shape index (κ2) is 11.9. The van der Waals surface area contributed by atoms with E-state index < -0.39 is 0 Å². The number of aryl methyl sites for hydroxylation is 1. The molecule has 10 nitrogen and oxygen atoms in total. The number of hydrogen-bond acceptors (Lipinski definition) is 8. The summed E-state index contributed by atoms with van der Waals surface area (Å²) in [7, 11) is 6.60. The van der Waals surface area contributed by atoms with E-state index >= 15 is 0 Å². The molecular weight excluding hydrogens is 552 g/mol. The number of ether oxygens (including phenoxy) is 1. The van der Waals surface area contributed by atoms with Crippen molar-refractivity contribution in [3.05, 3.63) is 47.8 Å². The Morgan fingerprint density at radius 3 is 2.52 bits per heavy atom. The van der Waals surface area contributed by atoms with E-state index in [1.165, 1.54) is 44.2 Å². The standard InChI is InChI=1S/C34H44N8O2/c1-21-16-24-17-29(36-21)28-19-35-39-33(28)44-15-5-6-23(22-7-8-22)20-42-31-14-13-27(18-30(31)37-34(42)38-32(24)43)41(4)26-11-9-25(10-12-26)40(2)3/h13-14,16-19,22-23,25-26H,5-12,15,20H2,1-4H3,(H,35,39)(H,37,38,43)/t23-,25-,26-/m1/s1. The largest absolute Gasteiger partial charge is 0.477 e. The van der Waals surface area contributed by atoms with E-state index in [0.29, 0.717) is 53.6 Å². The number of amides is 1. The molecule has 2 aliphatic carbocycles. The van der Waals surface area contributed by atoms with Gasteiger partial charge < -0.3 is 24.8 Å². The zero-order valence-corrected chi connectivity index (χ0v) is 26.3. The lowest BCUT2D eigenvalue weighted by Gasteiger charge is -2.38. The predicted octanol–water partition coefficient (Wildman–Crippen LogP) is 5.72. The van der Waals surface area contributed by atoms with E-state index in [0.717, 1.165) is 42.0 Å². The quantitative estimate of drug-likeness (QED) is 0.395. The first-order valence-electron chi connectivity index (χ1n) is 16.2.